The molecule has 0 saturated carbocycles. The van der Waals surface area contributed by atoms with Crippen LogP contribution in [0.15, 0.2) is 48.5 Å². The number of rotatable bonds is 5. The first-order valence-electron chi connectivity index (χ1n) is 8.43. The zero-order valence-corrected chi connectivity index (χ0v) is 14.9. The summed E-state index contributed by atoms with van der Waals surface area (Å²) >= 11 is 0. The van der Waals surface area contributed by atoms with Crippen LogP contribution < -0.4 is 4.74 Å². The fourth-order valence-corrected chi connectivity index (χ4v) is 2.73. The van der Waals surface area contributed by atoms with E-state index in [1.54, 1.807) is 6.92 Å². The molecule has 3 rings (SSSR count). The van der Waals surface area contributed by atoms with Crippen molar-refractivity contribution in [3.8, 4) is 16.9 Å². The summed E-state index contributed by atoms with van der Waals surface area (Å²) in [4.78, 5) is 0. The van der Waals surface area contributed by atoms with Crippen molar-refractivity contribution in [3.05, 3.63) is 88.7 Å². The number of alkyl halides is 2. The van der Waals surface area contributed by atoms with E-state index in [0.717, 1.165) is 24.3 Å². The molecule has 0 aromatic heterocycles. The highest BCUT2D eigenvalue weighted by atomic mass is 19.3. The van der Waals surface area contributed by atoms with Gasteiger partial charge in [-0.1, -0.05) is 31.2 Å². The smallest absolute Gasteiger partial charge is 0.426 e. The van der Waals surface area contributed by atoms with Gasteiger partial charge in [0.1, 0.15) is 5.75 Å². The van der Waals surface area contributed by atoms with Crippen molar-refractivity contribution in [2.75, 3.05) is 0 Å². The molecule has 0 atom stereocenters. The molecule has 8 heteroatoms. The van der Waals surface area contributed by atoms with Gasteiger partial charge in [-0.25, -0.2) is 22.0 Å². The molecule has 0 aliphatic rings. The van der Waals surface area contributed by atoms with E-state index < -0.39 is 46.5 Å². The van der Waals surface area contributed by atoms with Crippen LogP contribution in [-0.2, 0) is 12.5 Å². The number of benzene rings is 3. The van der Waals surface area contributed by atoms with Crippen LogP contribution in [0.5, 0.6) is 5.75 Å². The molecule has 0 amide bonds. The third-order valence-corrected chi connectivity index (χ3v) is 4.28. The minimum absolute atomic E-state index is 0.113. The Balaban J connectivity index is 1.88. The molecule has 1 nitrogen and oxygen atoms in total. The molecule has 3 aromatic rings. The highest BCUT2D eigenvalue weighted by Gasteiger charge is 2.35. The molecule has 0 heterocycles. The van der Waals surface area contributed by atoms with Crippen LogP contribution in [-0.4, -0.2) is 0 Å². The van der Waals surface area contributed by atoms with Gasteiger partial charge in [-0.05, 0) is 29.7 Å². The molecule has 0 aliphatic carbocycles. The highest BCUT2D eigenvalue weighted by Crippen LogP contribution is 2.34. The third kappa shape index (κ3) is 4.06. The normalized spacial score (nSPS) is 11.6. The van der Waals surface area contributed by atoms with Crippen molar-refractivity contribution < 1.29 is 35.5 Å². The first-order chi connectivity index (χ1) is 13.6. The van der Waals surface area contributed by atoms with Crippen LogP contribution in [0.1, 0.15) is 18.1 Å². The SMILES string of the molecule is CCc1ccc(-c2ccc(C(F)(F)Oc3cc(F)c(F)c(F)c3)cc2)c(F)c1F. The Hall–Kier alpha value is -3.03. The van der Waals surface area contributed by atoms with Crippen molar-refractivity contribution in [1.82, 2.24) is 0 Å². The van der Waals surface area contributed by atoms with Gasteiger partial charge in [0.05, 0.1) is 5.56 Å². The number of halogens is 7. The predicted molar refractivity (Wildman–Crippen MR) is 92.0 cm³/mol. The number of hydrogen-bond acceptors (Lipinski definition) is 1. The van der Waals surface area contributed by atoms with E-state index in [0.29, 0.717) is 0 Å². The molecule has 0 aliphatic heterocycles. The lowest BCUT2D eigenvalue weighted by atomic mass is 10.0. The average molecular weight is 414 g/mol. The lowest BCUT2D eigenvalue weighted by Gasteiger charge is -2.19. The lowest BCUT2D eigenvalue weighted by Crippen LogP contribution is -2.22. The number of hydrogen-bond donors (Lipinski definition) is 0. The molecular weight excluding hydrogens is 401 g/mol. The van der Waals surface area contributed by atoms with Gasteiger partial charge in [0.15, 0.2) is 29.1 Å². The van der Waals surface area contributed by atoms with Gasteiger partial charge in [0.2, 0.25) is 0 Å². The molecule has 0 spiro atoms. The maximum atomic E-state index is 14.3. The van der Waals surface area contributed by atoms with E-state index in [2.05, 4.69) is 4.74 Å². The van der Waals surface area contributed by atoms with Gasteiger partial charge in [-0.3, -0.25) is 0 Å². The van der Waals surface area contributed by atoms with Gasteiger partial charge in [-0.15, -0.1) is 0 Å². The maximum absolute atomic E-state index is 14.3. The molecular formula is C21H13F7O. The molecule has 29 heavy (non-hydrogen) atoms. The molecule has 152 valence electrons. The van der Waals surface area contributed by atoms with Crippen LogP contribution in [0, 0.1) is 29.1 Å². The Morgan fingerprint density at radius 3 is 1.90 bits per heavy atom. The summed E-state index contributed by atoms with van der Waals surface area (Å²) in [7, 11) is 0. The van der Waals surface area contributed by atoms with E-state index >= 15 is 0 Å². The van der Waals surface area contributed by atoms with Crippen LogP contribution in [0.3, 0.4) is 0 Å². The van der Waals surface area contributed by atoms with Gasteiger partial charge in [-0.2, -0.15) is 8.78 Å². The number of aryl methyl sites for hydroxylation is 1. The van der Waals surface area contributed by atoms with E-state index in [1.807, 2.05) is 0 Å². The molecule has 0 unspecified atom stereocenters. The van der Waals surface area contributed by atoms with Crippen LogP contribution in [0.4, 0.5) is 30.7 Å². The first-order valence-corrected chi connectivity index (χ1v) is 8.43. The summed E-state index contributed by atoms with van der Waals surface area (Å²) in [6, 6.07) is 7.36. The van der Waals surface area contributed by atoms with Crippen molar-refractivity contribution in [3.63, 3.8) is 0 Å². The summed E-state index contributed by atoms with van der Waals surface area (Å²) in [5, 5.41) is 0. The minimum Gasteiger partial charge on any atom is -0.429 e. The second kappa shape index (κ2) is 7.77. The van der Waals surface area contributed by atoms with Crippen molar-refractivity contribution in [1.29, 1.82) is 0 Å². The van der Waals surface area contributed by atoms with E-state index in [1.165, 1.54) is 12.1 Å². The fourth-order valence-electron chi connectivity index (χ4n) is 2.73. The monoisotopic (exact) mass is 414 g/mol. The second-order valence-electron chi connectivity index (χ2n) is 6.15. The van der Waals surface area contributed by atoms with Crippen molar-refractivity contribution in [2.24, 2.45) is 0 Å². The van der Waals surface area contributed by atoms with Gasteiger partial charge >= 0.3 is 6.11 Å². The lowest BCUT2D eigenvalue weighted by molar-refractivity contribution is -0.185. The zero-order valence-electron chi connectivity index (χ0n) is 14.9. The maximum Gasteiger partial charge on any atom is 0.426 e. The molecule has 0 N–H and O–H groups in total. The van der Waals surface area contributed by atoms with Crippen LogP contribution in [0.25, 0.3) is 11.1 Å². The highest BCUT2D eigenvalue weighted by molar-refractivity contribution is 5.65. The Morgan fingerprint density at radius 1 is 0.759 bits per heavy atom. The summed E-state index contributed by atoms with van der Waals surface area (Å²) in [5.41, 5.74) is -0.500. The molecule has 0 saturated heterocycles. The topological polar surface area (TPSA) is 9.23 Å². The molecule has 0 radical (unpaired) electrons. The minimum atomic E-state index is -4.02. The third-order valence-electron chi connectivity index (χ3n) is 4.28. The Morgan fingerprint density at radius 2 is 1.34 bits per heavy atom. The molecule has 0 fully saturated rings. The summed E-state index contributed by atoms with van der Waals surface area (Å²) < 4.78 is 100. The largest absolute Gasteiger partial charge is 0.429 e. The van der Waals surface area contributed by atoms with Gasteiger partial charge in [0.25, 0.3) is 0 Å². The van der Waals surface area contributed by atoms with Crippen molar-refractivity contribution >= 4 is 0 Å². The van der Waals surface area contributed by atoms with Gasteiger partial charge in [0, 0.05) is 17.7 Å². The van der Waals surface area contributed by atoms with E-state index in [9.17, 15) is 30.7 Å². The standard InChI is InChI=1S/C21H13F7O/c1-2-11-5-8-15(19(25)18(11)24)12-3-6-13(7-4-12)21(27,28)29-14-9-16(22)20(26)17(23)10-14/h3-10H,2H2,1H3. The Bertz CT molecular complexity index is 1020. The van der Waals surface area contributed by atoms with E-state index in [-0.39, 0.29) is 35.2 Å². The average Bonchev–Trinajstić information content (AvgIpc) is 2.68. The molecule has 0 bridgehead atoms. The zero-order chi connectivity index (χ0) is 21.3. The Kier molecular flexibility index (Phi) is 5.55. The second-order valence-corrected chi connectivity index (χ2v) is 6.15. The first kappa shape index (κ1) is 20.7. The van der Waals surface area contributed by atoms with Crippen LogP contribution in [0.2, 0.25) is 0 Å². The van der Waals surface area contributed by atoms with Crippen LogP contribution >= 0.6 is 0 Å². The number of ether oxygens (including phenoxy) is 1. The van der Waals surface area contributed by atoms with Crippen molar-refractivity contribution in [2.45, 2.75) is 19.5 Å². The summed E-state index contributed by atoms with van der Waals surface area (Å²) in [6.07, 6.45) is -3.73. The Labute approximate surface area is 161 Å². The van der Waals surface area contributed by atoms with Gasteiger partial charge < -0.3 is 4.74 Å². The van der Waals surface area contributed by atoms with E-state index in [4.69, 9.17) is 0 Å². The fraction of sp³-hybridized carbons (Fsp3) is 0.143. The summed E-state index contributed by atoms with van der Waals surface area (Å²) in [5.74, 6) is -8.20. The predicted octanol–water partition coefficient (Wildman–Crippen LogP) is 6.74. The quantitative estimate of drug-likeness (QED) is 0.332. The summed E-state index contributed by atoms with van der Waals surface area (Å²) in [6.45, 7) is 1.66. The molecule has 3 aromatic carbocycles.